The molecule has 0 aromatic heterocycles. The van der Waals surface area contributed by atoms with Crippen LogP contribution in [0.25, 0.3) is 0 Å². The third-order valence-corrected chi connectivity index (χ3v) is 5.80. The molecule has 2 aromatic rings. The largest absolute Gasteiger partial charge is 0.278 e. The van der Waals surface area contributed by atoms with Gasteiger partial charge in [0.1, 0.15) is 0 Å². The summed E-state index contributed by atoms with van der Waals surface area (Å²) in [6.07, 6.45) is 0. The molecule has 0 amide bonds. The quantitative estimate of drug-likeness (QED) is 0.553. The Morgan fingerprint density at radius 1 is 1.05 bits per heavy atom. The molecule has 2 aromatic carbocycles. The van der Waals surface area contributed by atoms with Gasteiger partial charge in [0.15, 0.2) is 0 Å². The molecule has 0 unspecified atom stereocenters. The monoisotopic (exact) mass is 441 g/mol. The lowest BCUT2D eigenvalue weighted by molar-refractivity contribution is 0.601. The van der Waals surface area contributed by atoms with Gasteiger partial charge in [0.05, 0.1) is 20.6 Å². The summed E-state index contributed by atoms with van der Waals surface area (Å²) in [6, 6.07) is 9.66. The second kappa shape index (κ2) is 6.09. The van der Waals surface area contributed by atoms with Gasteiger partial charge in [-0.15, -0.1) is 0 Å². The second-order valence-corrected chi connectivity index (χ2v) is 7.82. The molecule has 0 fully saturated rings. The molecule has 1 N–H and O–H groups in total. The van der Waals surface area contributed by atoms with Crippen molar-refractivity contribution >= 4 is 61.5 Å². The number of hydrogen-bond donors (Lipinski definition) is 1. The Bertz CT molecular complexity index is 746. The molecule has 0 aliphatic carbocycles. The van der Waals surface area contributed by atoms with E-state index in [-0.39, 0.29) is 10.6 Å². The number of sulfonamides is 1. The van der Waals surface area contributed by atoms with Crippen LogP contribution in [-0.4, -0.2) is 8.42 Å². The maximum absolute atomic E-state index is 12.2. The van der Waals surface area contributed by atoms with Crippen molar-refractivity contribution in [1.29, 1.82) is 0 Å². The molecule has 0 aliphatic heterocycles. The van der Waals surface area contributed by atoms with Gasteiger partial charge in [0.25, 0.3) is 10.0 Å². The van der Waals surface area contributed by atoms with E-state index in [0.717, 1.165) is 9.13 Å². The summed E-state index contributed by atoms with van der Waals surface area (Å²) < 4.78 is 27.7. The molecule has 0 spiro atoms. The van der Waals surface area contributed by atoms with Crippen molar-refractivity contribution in [3.63, 3.8) is 0 Å². The number of benzene rings is 2. The molecule has 7 heteroatoms. The van der Waals surface area contributed by atoms with Gasteiger partial charge in [-0.25, -0.2) is 8.42 Å². The summed E-state index contributed by atoms with van der Waals surface area (Å²) in [4.78, 5) is 0.175. The summed E-state index contributed by atoms with van der Waals surface area (Å²) in [5.41, 5.74) is 1.25. The average molecular weight is 442 g/mol. The summed E-state index contributed by atoms with van der Waals surface area (Å²) in [5, 5.41) is 0.742. The van der Waals surface area contributed by atoms with Crippen LogP contribution >= 0.6 is 45.8 Å². The zero-order valence-corrected chi connectivity index (χ0v) is 14.8. The third-order valence-electron chi connectivity index (χ3n) is 2.59. The molecule has 20 heavy (non-hydrogen) atoms. The number of anilines is 1. The van der Waals surface area contributed by atoms with Gasteiger partial charge in [0.2, 0.25) is 0 Å². The molecule has 3 nitrogen and oxygen atoms in total. The maximum atomic E-state index is 12.2. The van der Waals surface area contributed by atoms with Crippen molar-refractivity contribution < 1.29 is 8.42 Å². The highest BCUT2D eigenvalue weighted by Crippen LogP contribution is 2.31. The van der Waals surface area contributed by atoms with E-state index in [2.05, 4.69) is 4.72 Å². The molecule has 0 atom stereocenters. The summed E-state index contributed by atoms with van der Waals surface area (Å²) in [5.74, 6) is 0. The Kier molecular flexibility index (Phi) is 4.84. The Morgan fingerprint density at radius 2 is 1.65 bits per heavy atom. The molecule has 0 aliphatic rings. The first kappa shape index (κ1) is 15.9. The topological polar surface area (TPSA) is 46.2 Å². The second-order valence-electron chi connectivity index (χ2n) is 4.16. The van der Waals surface area contributed by atoms with Crippen LogP contribution in [-0.2, 0) is 10.0 Å². The summed E-state index contributed by atoms with van der Waals surface area (Å²) in [7, 11) is -3.68. The predicted octanol–water partition coefficient (Wildman–Crippen LogP) is 4.71. The van der Waals surface area contributed by atoms with Gasteiger partial charge < -0.3 is 0 Å². The third kappa shape index (κ3) is 3.58. The molecule has 0 heterocycles. The van der Waals surface area contributed by atoms with E-state index in [9.17, 15) is 8.42 Å². The number of hydrogen-bond acceptors (Lipinski definition) is 2. The van der Waals surface area contributed by atoms with Crippen LogP contribution in [0.5, 0.6) is 0 Å². The smallest absolute Gasteiger partial charge is 0.261 e. The molecule has 106 valence electrons. The van der Waals surface area contributed by atoms with Gasteiger partial charge in [-0.2, -0.15) is 0 Å². The standard InChI is InChI=1S/C13H10Cl2INO2S/c1-8-2-4-9(5-3-8)20(18,19)17-13-7-10(14)12(16)6-11(13)15/h2-7,17H,1H3. The number of aryl methyl sites for hydroxylation is 1. The molecule has 0 saturated heterocycles. The van der Waals surface area contributed by atoms with Gasteiger partial charge >= 0.3 is 0 Å². The molecular weight excluding hydrogens is 432 g/mol. The van der Waals surface area contributed by atoms with Crippen molar-refractivity contribution in [3.05, 3.63) is 55.6 Å². The molecule has 0 radical (unpaired) electrons. The van der Waals surface area contributed by atoms with Crippen LogP contribution in [0.2, 0.25) is 10.0 Å². The first-order valence-corrected chi connectivity index (χ1v) is 8.85. The van der Waals surface area contributed by atoms with E-state index in [1.807, 2.05) is 29.5 Å². The Hall–Kier alpha value is -0.500. The minimum Gasteiger partial charge on any atom is -0.278 e. The Morgan fingerprint density at radius 3 is 2.25 bits per heavy atom. The maximum Gasteiger partial charge on any atom is 0.261 e. The summed E-state index contributed by atoms with van der Waals surface area (Å²) >= 11 is 14.0. The van der Waals surface area contributed by atoms with E-state index < -0.39 is 10.0 Å². The van der Waals surface area contributed by atoms with Crippen molar-refractivity contribution in [1.82, 2.24) is 0 Å². The number of halogens is 3. The van der Waals surface area contributed by atoms with Crippen molar-refractivity contribution in [2.75, 3.05) is 4.72 Å². The SMILES string of the molecule is Cc1ccc(S(=O)(=O)Nc2cc(Cl)c(I)cc2Cl)cc1. The number of nitrogens with one attached hydrogen (secondary N) is 1. The van der Waals surface area contributed by atoms with E-state index >= 15 is 0 Å². The molecule has 0 bridgehead atoms. The zero-order chi connectivity index (χ0) is 14.9. The van der Waals surface area contributed by atoms with E-state index in [1.54, 1.807) is 30.3 Å². The summed E-state index contributed by atoms with van der Waals surface area (Å²) in [6.45, 7) is 1.89. The lowest BCUT2D eigenvalue weighted by Gasteiger charge is -2.11. The predicted molar refractivity (Wildman–Crippen MR) is 91.2 cm³/mol. The lowest BCUT2D eigenvalue weighted by atomic mass is 10.2. The molecule has 2 rings (SSSR count). The fourth-order valence-corrected chi connectivity index (χ4v) is 3.67. The van der Waals surface area contributed by atoms with E-state index in [1.165, 1.54) is 6.07 Å². The van der Waals surface area contributed by atoms with Gasteiger partial charge in [-0.1, -0.05) is 40.9 Å². The van der Waals surface area contributed by atoms with E-state index in [4.69, 9.17) is 23.2 Å². The normalized spacial score (nSPS) is 11.4. The fraction of sp³-hybridized carbons (Fsp3) is 0.0769. The average Bonchev–Trinajstić information content (AvgIpc) is 2.36. The first-order chi connectivity index (χ1) is 9.29. The van der Waals surface area contributed by atoms with E-state index in [0.29, 0.717) is 10.0 Å². The van der Waals surface area contributed by atoms with Gasteiger partial charge in [-0.05, 0) is 53.8 Å². The lowest BCUT2D eigenvalue weighted by Crippen LogP contribution is -2.13. The highest BCUT2D eigenvalue weighted by Gasteiger charge is 2.16. The minimum absolute atomic E-state index is 0.175. The highest BCUT2D eigenvalue weighted by molar-refractivity contribution is 14.1. The van der Waals surface area contributed by atoms with Gasteiger partial charge in [0, 0.05) is 3.57 Å². The van der Waals surface area contributed by atoms with Crippen molar-refractivity contribution in [2.24, 2.45) is 0 Å². The van der Waals surface area contributed by atoms with Gasteiger partial charge in [-0.3, -0.25) is 4.72 Å². The van der Waals surface area contributed by atoms with Crippen molar-refractivity contribution in [2.45, 2.75) is 11.8 Å². The van der Waals surface area contributed by atoms with Crippen LogP contribution in [0.1, 0.15) is 5.56 Å². The number of rotatable bonds is 3. The zero-order valence-electron chi connectivity index (χ0n) is 10.3. The van der Waals surface area contributed by atoms with Crippen LogP contribution in [0.15, 0.2) is 41.3 Å². The molecular formula is C13H10Cl2INO2S. The molecule has 0 saturated carbocycles. The van der Waals surface area contributed by atoms with Crippen LogP contribution in [0.4, 0.5) is 5.69 Å². The Labute approximate surface area is 141 Å². The highest BCUT2D eigenvalue weighted by atomic mass is 127. The van der Waals surface area contributed by atoms with Crippen LogP contribution in [0, 0.1) is 10.5 Å². The van der Waals surface area contributed by atoms with Crippen molar-refractivity contribution in [3.8, 4) is 0 Å². The minimum atomic E-state index is -3.68. The van der Waals surface area contributed by atoms with Crippen LogP contribution < -0.4 is 4.72 Å². The Balaban J connectivity index is 2.38. The first-order valence-electron chi connectivity index (χ1n) is 5.53. The fourth-order valence-electron chi connectivity index (χ4n) is 1.52. The van der Waals surface area contributed by atoms with Crippen LogP contribution in [0.3, 0.4) is 0 Å².